The van der Waals surface area contributed by atoms with Gasteiger partial charge in [0.05, 0.1) is 10.2 Å². The van der Waals surface area contributed by atoms with Crippen molar-refractivity contribution in [3.8, 4) is 0 Å². The highest BCUT2D eigenvalue weighted by Crippen LogP contribution is 2.22. The Morgan fingerprint density at radius 3 is 2.76 bits per heavy atom. The van der Waals surface area contributed by atoms with Gasteiger partial charge in [-0.25, -0.2) is 0 Å². The zero-order valence-electron chi connectivity index (χ0n) is 11.3. The van der Waals surface area contributed by atoms with Crippen molar-refractivity contribution in [3.63, 3.8) is 0 Å². The minimum Gasteiger partial charge on any atom is -0.342 e. The van der Waals surface area contributed by atoms with Crippen molar-refractivity contribution < 1.29 is 0 Å². The van der Waals surface area contributed by atoms with Crippen LogP contribution < -0.4 is 5.43 Å². The fraction of sp³-hybridized carbons (Fsp3) is 0.0556. The van der Waals surface area contributed by atoms with E-state index in [1.165, 1.54) is 27.7 Å². The maximum absolute atomic E-state index is 11.9. The Bertz CT molecular complexity index is 991. The molecule has 0 N–H and O–H groups in total. The number of pyridine rings is 1. The Hall–Kier alpha value is -2.39. The van der Waals surface area contributed by atoms with Gasteiger partial charge in [0.15, 0.2) is 5.43 Å². The summed E-state index contributed by atoms with van der Waals surface area (Å²) in [5.41, 5.74) is 2.39. The highest BCUT2D eigenvalue weighted by atomic mass is 32.1. The van der Waals surface area contributed by atoms with E-state index in [1.807, 2.05) is 17.6 Å². The standard InChI is InChI=1S/C18H13NOS/c20-17-8-10-19(16-9-11-21-18(16)17)12-14-6-3-5-13-4-1-2-7-15(13)14/h1-11H,12H2. The summed E-state index contributed by atoms with van der Waals surface area (Å²) in [5.74, 6) is 0. The van der Waals surface area contributed by atoms with Gasteiger partial charge in [0.1, 0.15) is 0 Å². The van der Waals surface area contributed by atoms with E-state index in [0.717, 1.165) is 16.8 Å². The molecule has 0 saturated carbocycles. The van der Waals surface area contributed by atoms with Crippen LogP contribution in [-0.4, -0.2) is 4.57 Å². The lowest BCUT2D eigenvalue weighted by atomic mass is 10.0. The molecule has 0 aliphatic heterocycles. The van der Waals surface area contributed by atoms with Crippen LogP contribution in [-0.2, 0) is 6.54 Å². The van der Waals surface area contributed by atoms with E-state index >= 15 is 0 Å². The van der Waals surface area contributed by atoms with Gasteiger partial charge in [0.2, 0.25) is 0 Å². The van der Waals surface area contributed by atoms with Gasteiger partial charge in [-0.1, -0.05) is 42.5 Å². The number of nitrogens with zero attached hydrogens (tertiary/aromatic N) is 1. The SMILES string of the molecule is O=c1ccn(Cc2cccc3ccccc23)c2ccsc12. The molecular weight excluding hydrogens is 278 g/mol. The molecule has 0 atom stereocenters. The summed E-state index contributed by atoms with van der Waals surface area (Å²) < 4.78 is 2.98. The summed E-state index contributed by atoms with van der Waals surface area (Å²) in [4.78, 5) is 11.9. The lowest BCUT2D eigenvalue weighted by Gasteiger charge is -2.11. The predicted octanol–water partition coefficient (Wildman–Crippen LogP) is 4.26. The van der Waals surface area contributed by atoms with Crippen LogP contribution in [0.1, 0.15) is 5.56 Å². The fourth-order valence-electron chi connectivity index (χ4n) is 2.78. The molecule has 0 aliphatic carbocycles. The molecule has 2 aromatic heterocycles. The van der Waals surface area contributed by atoms with Gasteiger partial charge in [0.25, 0.3) is 0 Å². The molecule has 0 fully saturated rings. The van der Waals surface area contributed by atoms with E-state index in [0.29, 0.717) is 0 Å². The molecule has 0 bridgehead atoms. The lowest BCUT2D eigenvalue weighted by molar-refractivity contribution is 0.833. The highest BCUT2D eigenvalue weighted by Gasteiger charge is 2.06. The van der Waals surface area contributed by atoms with Crippen molar-refractivity contribution in [2.75, 3.05) is 0 Å². The van der Waals surface area contributed by atoms with Crippen molar-refractivity contribution in [2.45, 2.75) is 6.54 Å². The van der Waals surface area contributed by atoms with Crippen LogP contribution in [0.3, 0.4) is 0 Å². The largest absolute Gasteiger partial charge is 0.342 e. The summed E-state index contributed by atoms with van der Waals surface area (Å²) in [6.45, 7) is 0.773. The molecule has 4 rings (SSSR count). The van der Waals surface area contributed by atoms with E-state index in [-0.39, 0.29) is 5.43 Å². The maximum Gasteiger partial charge on any atom is 0.199 e. The van der Waals surface area contributed by atoms with E-state index in [1.54, 1.807) is 6.07 Å². The smallest absolute Gasteiger partial charge is 0.199 e. The third kappa shape index (κ3) is 2.06. The average Bonchev–Trinajstić information content (AvgIpc) is 3.01. The predicted molar refractivity (Wildman–Crippen MR) is 89.1 cm³/mol. The first kappa shape index (κ1) is 12.4. The first-order valence-electron chi connectivity index (χ1n) is 6.86. The maximum atomic E-state index is 11.9. The summed E-state index contributed by atoms with van der Waals surface area (Å²) >= 11 is 1.51. The molecule has 2 aromatic carbocycles. The van der Waals surface area contributed by atoms with E-state index < -0.39 is 0 Å². The number of hydrogen-bond acceptors (Lipinski definition) is 2. The molecule has 0 spiro atoms. The van der Waals surface area contributed by atoms with Crippen LogP contribution in [0.4, 0.5) is 0 Å². The fourth-order valence-corrected chi connectivity index (χ4v) is 3.60. The van der Waals surface area contributed by atoms with Crippen molar-refractivity contribution in [3.05, 3.63) is 82.0 Å². The van der Waals surface area contributed by atoms with Crippen molar-refractivity contribution in [1.29, 1.82) is 0 Å². The number of aromatic nitrogens is 1. The van der Waals surface area contributed by atoms with Gasteiger partial charge < -0.3 is 4.57 Å². The van der Waals surface area contributed by atoms with Gasteiger partial charge in [-0.05, 0) is 27.8 Å². The van der Waals surface area contributed by atoms with Crippen LogP contribution in [0.25, 0.3) is 21.0 Å². The first-order chi connectivity index (χ1) is 10.3. The second-order valence-electron chi connectivity index (χ2n) is 5.08. The Balaban J connectivity index is 1.89. The molecule has 3 heteroatoms. The summed E-state index contributed by atoms with van der Waals surface area (Å²) in [6.07, 6.45) is 1.89. The van der Waals surface area contributed by atoms with Crippen molar-refractivity contribution >= 4 is 32.3 Å². The van der Waals surface area contributed by atoms with Crippen LogP contribution >= 0.6 is 11.3 Å². The molecule has 0 amide bonds. The second-order valence-corrected chi connectivity index (χ2v) is 6.00. The molecule has 2 nitrogen and oxygen atoms in total. The number of hydrogen-bond donors (Lipinski definition) is 0. The molecule has 102 valence electrons. The van der Waals surface area contributed by atoms with Gasteiger partial charge >= 0.3 is 0 Å². The monoisotopic (exact) mass is 291 g/mol. The molecule has 2 heterocycles. The Morgan fingerprint density at radius 1 is 0.952 bits per heavy atom. The van der Waals surface area contributed by atoms with E-state index in [9.17, 15) is 4.79 Å². The quantitative estimate of drug-likeness (QED) is 0.541. The van der Waals surface area contributed by atoms with Crippen molar-refractivity contribution in [1.82, 2.24) is 4.57 Å². The third-order valence-corrected chi connectivity index (χ3v) is 4.72. The van der Waals surface area contributed by atoms with Crippen LogP contribution in [0.15, 0.2) is 71.0 Å². The third-order valence-electron chi connectivity index (χ3n) is 3.80. The molecule has 0 radical (unpaired) electrons. The van der Waals surface area contributed by atoms with Crippen LogP contribution in [0.2, 0.25) is 0 Å². The van der Waals surface area contributed by atoms with E-state index in [2.05, 4.69) is 47.0 Å². The summed E-state index contributed by atoms with van der Waals surface area (Å²) in [5, 5.41) is 4.49. The van der Waals surface area contributed by atoms with Gasteiger partial charge in [0, 0.05) is 18.8 Å². The van der Waals surface area contributed by atoms with Crippen LogP contribution in [0, 0.1) is 0 Å². The van der Waals surface area contributed by atoms with Crippen LogP contribution in [0.5, 0.6) is 0 Å². The van der Waals surface area contributed by atoms with Gasteiger partial charge in [-0.2, -0.15) is 0 Å². The molecule has 21 heavy (non-hydrogen) atoms. The highest BCUT2D eigenvalue weighted by molar-refractivity contribution is 7.17. The molecule has 0 unspecified atom stereocenters. The molecule has 4 aromatic rings. The molecular formula is C18H13NOS. The van der Waals surface area contributed by atoms with Gasteiger partial charge in [-0.15, -0.1) is 11.3 Å². The first-order valence-corrected chi connectivity index (χ1v) is 7.74. The Morgan fingerprint density at radius 2 is 1.81 bits per heavy atom. The Kier molecular flexibility index (Phi) is 2.86. The second kappa shape index (κ2) is 4.86. The minimum absolute atomic E-state index is 0.106. The average molecular weight is 291 g/mol. The number of thiophene rings is 1. The number of rotatable bonds is 2. The number of fused-ring (bicyclic) bond motifs is 2. The molecule has 0 aliphatic rings. The molecule has 0 saturated heterocycles. The van der Waals surface area contributed by atoms with Crippen molar-refractivity contribution in [2.24, 2.45) is 0 Å². The normalized spacial score (nSPS) is 11.2. The Labute approximate surface area is 125 Å². The van der Waals surface area contributed by atoms with Gasteiger partial charge in [-0.3, -0.25) is 4.79 Å². The zero-order chi connectivity index (χ0) is 14.2. The zero-order valence-corrected chi connectivity index (χ0v) is 12.1. The summed E-state index contributed by atoms with van der Waals surface area (Å²) in [7, 11) is 0. The lowest BCUT2D eigenvalue weighted by Crippen LogP contribution is -2.07. The minimum atomic E-state index is 0.106. The topological polar surface area (TPSA) is 22.0 Å². The van der Waals surface area contributed by atoms with E-state index in [4.69, 9.17) is 0 Å². The summed E-state index contributed by atoms with van der Waals surface area (Å²) in [6, 6.07) is 18.5. The number of benzene rings is 2.